The van der Waals surface area contributed by atoms with Crippen molar-refractivity contribution in [3.63, 3.8) is 0 Å². The molecule has 3 aromatic carbocycles. The molecule has 1 aromatic heterocycles. The highest BCUT2D eigenvalue weighted by Gasteiger charge is 2.25. The van der Waals surface area contributed by atoms with Gasteiger partial charge in [0.25, 0.3) is 5.91 Å². The summed E-state index contributed by atoms with van der Waals surface area (Å²) in [5, 5.41) is 10.2. The lowest BCUT2D eigenvalue weighted by Crippen LogP contribution is -2.24. The van der Waals surface area contributed by atoms with Crippen LogP contribution in [0.3, 0.4) is 0 Å². The molecule has 16 heteroatoms. The first-order valence-electron chi connectivity index (χ1n) is 15.3. The number of amides is 1. The predicted molar refractivity (Wildman–Crippen MR) is 178 cm³/mol. The summed E-state index contributed by atoms with van der Waals surface area (Å²) in [7, 11) is 0.938. The second kappa shape index (κ2) is 16.6. The second-order valence-corrected chi connectivity index (χ2v) is 13.1. The third-order valence-electron chi connectivity index (χ3n) is 7.03. The first-order chi connectivity index (χ1) is 23.3. The molecule has 0 unspecified atom stereocenters. The average molecular weight is 704 g/mol. The van der Waals surface area contributed by atoms with E-state index in [0.717, 1.165) is 16.8 Å². The van der Waals surface area contributed by atoms with E-state index in [1.165, 1.54) is 6.07 Å². The Balaban J connectivity index is 1.76. The Morgan fingerprint density at radius 3 is 2.39 bits per heavy atom. The van der Waals surface area contributed by atoms with Gasteiger partial charge in [-0.1, -0.05) is 0 Å². The zero-order chi connectivity index (χ0) is 35.7. The van der Waals surface area contributed by atoms with Crippen LogP contribution in [0.1, 0.15) is 24.2 Å². The highest BCUT2D eigenvalue weighted by atomic mass is 32.2. The van der Waals surface area contributed by atoms with Crippen LogP contribution in [0.4, 0.5) is 25.1 Å². The fourth-order valence-corrected chi connectivity index (χ4v) is 6.05. The Morgan fingerprint density at radius 1 is 0.980 bits per heavy atom. The lowest BCUT2D eigenvalue weighted by molar-refractivity contribution is 0.0786. The maximum absolute atomic E-state index is 14.0. The lowest BCUT2D eigenvalue weighted by atomic mass is 10.1. The second-order valence-electron chi connectivity index (χ2n) is 11.2. The molecule has 0 spiro atoms. The van der Waals surface area contributed by atoms with Crippen molar-refractivity contribution in [2.45, 2.75) is 29.7 Å². The van der Waals surface area contributed by atoms with Gasteiger partial charge < -0.3 is 34.5 Å². The van der Waals surface area contributed by atoms with Crippen molar-refractivity contribution in [2.75, 3.05) is 71.4 Å². The minimum absolute atomic E-state index is 0.0407. The maximum Gasteiger partial charge on any atom is 0.435 e. The minimum Gasteiger partial charge on any atom is -0.492 e. The van der Waals surface area contributed by atoms with Crippen molar-refractivity contribution in [3.05, 3.63) is 71.8 Å². The van der Waals surface area contributed by atoms with Gasteiger partial charge >= 0.3 is 6.09 Å². The van der Waals surface area contributed by atoms with Gasteiger partial charge in [0.2, 0.25) is 9.84 Å². The Kier molecular flexibility index (Phi) is 12.6. The monoisotopic (exact) mass is 703 g/mol. The smallest absolute Gasteiger partial charge is 0.435 e. The van der Waals surface area contributed by atoms with Crippen LogP contribution in [0, 0.1) is 11.6 Å². The first kappa shape index (κ1) is 37.2. The first-order valence-corrected chi connectivity index (χ1v) is 16.8. The maximum atomic E-state index is 14.0. The van der Waals surface area contributed by atoms with Gasteiger partial charge in [0.05, 0.1) is 39.8 Å². The fourth-order valence-electron chi connectivity index (χ4n) is 4.72. The molecule has 4 aromatic rings. The van der Waals surface area contributed by atoms with E-state index in [-0.39, 0.29) is 46.4 Å². The van der Waals surface area contributed by atoms with Gasteiger partial charge in [0.15, 0.2) is 5.82 Å². The van der Waals surface area contributed by atoms with Crippen LogP contribution < -0.4 is 15.4 Å². The standard InChI is InChI=1S/C33H39F2N5O8S/c1-6-46-13-14-48-33(42)40-30-10-8-25(49(43,44)26-16-22(34)15-23(35)17-26)19-28(30)31(38-40)37-32(41)27-9-7-24(47-12-11-39(3)4)18-29(27)36-21(2)20-45-5/h7-10,15-19,21,36H,6,11-14,20H2,1-5H3,(H,37,38,41)/t21-/m0/s1. The molecule has 0 fully saturated rings. The SMILES string of the molecule is CCOCCOC(=O)n1nc(NC(=O)c2ccc(OCCN(C)C)cc2N[C@@H](C)COC)c2cc(S(=O)(=O)c3cc(F)cc(F)c3)ccc21. The van der Waals surface area contributed by atoms with E-state index in [1.54, 1.807) is 32.2 Å². The van der Waals surface area contributed by atoms with Crippen molar-refractivity contribution < 1.29 is 45.7 Å². The zero-order valence-corrected chi connectivity index (χ0v) is 28.6. The topological polar surface area (TPSA) is 150 Å². The van der Waals surface area contributed by atoms with Crippen molar-refractivity contribution in [1.82, 2.24) is 14.7 Å². The number of hydrogen-bond donors (Lipinski definition) is 2. The fraction of sp³-hybridized carbons (Fsp3) is 0.364. The van der Waals surface area contributed by atoms with Crippen LogP contribution in [0.15, 0.2) is 64.4 Å². The van der Waals surface area contributed by atoms with Crippen LogP contribution in [-0.4, -0.2) is 102 Å². The molecule has 4 rings (SSSR count). The summed E-state index contributed by atoms with van der Waals surface area (Å²) in [6, 6.07) is 10.2. The molecule has 0 aliphatic carbocycles. The van der Waals surface area contributed by atoms with Crippen LogP contribution in [-0.2, 0) is 24.0 Å². The number of carbonyl (C=O) groups excluding carboxylic acids is 2. The van der Waals surface area contributed by atoms with E-state index in [0.29, 0.717) is 56.0 Å². The van der Waals surface area contributed by atoms with Gasteiger partial charge in [-0.05, 0) is 70.4 Å². The Morgan fingerprint density at radius 2 is 1.71 bits per heavy atom. The molecule has 1 atom stereocenters. The summed E-state index contributed by atoms with van der Waals surface area (Å²) < 4.78 is 77.2. The number of benzene rings is 3. The Bertz CT molecular complexity index is 1880. The molecular weight excluding hydrogens is 664 g/mol. The molecule has 0 aliphatic heterocycles. The lowest BCUT2D eigenvalue weighted by Gasteiger charge is -2.19. The van der Waals surface area contributed by atoms with E-state index in [2.05, 4.69) is 15.7 Å². The van der Waals surface area contributed by atoms with E-state index < -0.39 is 38.4 Å². The van der Waals surface area contributed by atoms with E-state index in [1.807, 2.05) is 25.9 Å². The number of fused-ring (bicyclic) bond motifs is 1. The van der Waals surface area contributed by atoms with Crippen LogP contribution in [0.25, 0.3) is 10.9 Å². The summed E-state index contributed by atoms with van der Waals surface area (Å²) in [5.41, 5.74) is 0.696. The number of nitrogens with one attached hydrogen (secondary N) is 2. The summed E-state index contributed by atoms with van der Waals surface area (Å²) in [4.78, 5) is 27.8. The number of anilines is 2. The quantitative estimate of drug-likeness (QED) is 0.155. The van der Waals surface area contributed by atoms with Crippen LogP contribution in [0.2, 0.25) is 0 Å². The molecule has 0 radical (unpaired) electrons. The molecule has 0 saturated heterocycles. The van der Waals surface area contributed by atoms with Gasteiger partial charge in [-0.2, -0.15) is 4.68 Å². The molecule has 0 saturated carbocycles. The number of hydrogen-bond acceptors (Lipinski definition) is 11. The summed E-state index contributed by atoms with van der Waals surface area (Å²) in [6.45, 7) is 5.50. The zero-order valence-electron chi connectivity index (χ0n) is 27.8. The molecule has 0 bridgehead atoms. The molecule has 1 amide bonds. The van der Waals surface area contributed by atoms with Gasteiger partial charge in [-0.15, -0.1) is 5.10 Å². The molecular formula is C33H39F2N5O8S. The van der Waals surface area contributed by atoms with Crippen molar-refractivity contribution >= 4 is 44.2 Å². The van der Waals surface area contributed by atoms with Gasteiger partial charge in [-0.3, -0.25) is 4.79 Å². The van der Waals surface area contributed by atoms with Gasteiger partial charge in [0, 0.05) is 43.8 Å². The number of methoxy groups -OCH3 is 1. The van der Waals surface area contributed by atoms with Gasteiger partial charge in [0.1, 0.15) is 30.6 Å². The van der Waals surface area contributed by atoms with E-state index >= 15 is 0 Å². The number of aromatic nitrogens is 2. The molecule has 1 heterocycles. The number of rotatable bonds is 16. The average Bonchev–Trinajstić information content (AvgIpc) is 3.40. The third-order valence-corrected chi connectivity index (χ3v) is 8.76. The third kappa shape index (κ3) is 9.50. The number of nitrogens with zero attached hydrogens (tertiary/aromatic N) is 3. The number of likely N-dealkylation sites (N-methyl/N-ethyl adjacent to an activating group) is 1. The number of halogens is 2. The van der Waals surface area contributed by atoms with Crippen molar-refractivity contribution in [3.8, 4) is 5.75 Å². The highest BCUT2D eigenvalue weighted by Crippen LogP contribution is 2.31. The van der Waals surface area contributed by atoms with Crippen LogP contribution >= 0.6 is 0 Å². The number of ether oxygens (including phenoxy) is 4. The van der Waals surface area contributed by atoms with Crippen LogP contribution in [0.5, 0.6) is 5.75 Å². The molecule has 0 aliphatic rings. The van der Waals surface area contributed by atoms with E-state index in [9.17, 15) is 26.8 Å². The van der Waals surface area contributed by atoms with Crippen molar-refractivity contribution in [1.29, 1.82) is 0 Å². The normalized spacial score (nSPS) is 12.2. The number of carbonyl (C=O) groups is 2. The molecule has 13 nitrogen and oxygen atoms in total. The Hall–Kier alpha value is -4.64. The summed E-state index contributed by atoms with van der Waals surface area (Å²) in [5.74, 6) is -2.46. The van der Waals surface area contributed by atoms with Crippen molar-refractivity contribution in [2.24, 2.45) is 0 Å². The summed E-state index contributed by atoms with van der Waals surface area (Å²) >= 11 is 0. The largest absolute Gasteiger partial charge is 0.492 e. The molecule has 49 heavy (non-hydrogen) atoms. The Labute approximate surface area is 283 Å². The van der Waals surface area contributed by atoms with E-state index in [4.69, 9.17) is 18.9 Å². The number of sulfone groups is 1. The van der Waals surface area contributed by atoms with Gasteiger partial charge in [-0.25, -0.2) is 22.0 Å². The molecule has 264 valence electrons. The molecule has 2 N–H and O–H groups in total. The summed E-state index contributed by atoms with van der Waals surface area (Å²) in [6.07, 6.45) is -0.914. The predicted octanol–water partition coefficient (Wildman–Crippen LogP) is 4.81. The highest BCUT2D eigenvalue weighted by molar-refractivity contribution is 7.91. The minimum atomic E-state index is -4.45.